The zero-order valence-electron chi connectivity index (χ0n) is 40.3. The van der Waals surface area contributed by atoms with Crippen LogP contribution in [0.15, 0.2) is 109 Å². The molecule has 3 amide bonds. The fourth-order valence-electron chi connectivity index (χ4n) is 12.9. The first-order valence-corrected chi connectivity index (χ1v) is 28.0. The number of rotatable bonds is 12. The number of ether oxygens (including phenoxy) is 1. The van der Waals surface area contributed by atoms with Gasteiger partial charge in [-0.25, -0.2) is 0 Å². The number of carbonyl (C=O) groups is 3. The molecular weight excluding hydrogens is 904 g/mol. The Morgan fingerprint density at radius 1 is 0.743 bits per heavy atom. The summed E-state index contributed by atoms with van der Waals surface area (Å²) in [6.45, 7) is 9.63. The number of aliphatic hydroxyl groups is 1. The lowest BCUT2D eigenvalue weighted by Gasteiger charge is -2.39. The molecule has 0 bridgehead atoms. The van der Waals surface area contributed by atoms with Crippen LogP contribution in [-0.4, -0.2) is 110 Å². The van der Waals surface area contributed by atoms with Crippen molar-refractivity contribution in [2.24, 2.45) is 5.92 Å². The van der Waals surface area contributed by atoms with Gasteiger partial charge in [-0.15, -0.1) is 5.10 Å². The molecule has 15 nitrogen and oxygen atoms in total. The first-order chi connectivity index (χ1) is 33.9. The van der Waals surface area contributed by atoms with E-state index in [1.165, 1.54) is 0 Å². The van der Waals surface area contributed by atoms with Crippen LogP contribution in [0, 0.1) is 5.92 Å². The first kappa shape index (κ1) is 46.4. The number of nitrogens with one attached hydrogen (secondary N) is 2. The SMILES string of the molecule is C[C@H]1[C@H]([Si](C)(C)F)[C@@H](CCn2cc(CCO)nn2)O[C@]12C(=O)N(Cc1ccc(N3CN(c4ccccc4)C4(CCNCC4)C3=O)cc1)c1ccc(N3CN(c4ccccc4)C4(CCNCC4)C3=O)cc12. The van der Waals surface area contributed by atoms with Gasteiger partial charge in [0.2, 0.25) is 8.41 Å². The summed E-state index contributed by atoms with van der Waals surface area (Å²) in [7, 11) is -3.52. The summed E-state index contributed by atoms with van der Waals surface area (Å²) in [5, 5.41) is 24.8. The van der Waals surface area contributed by atoms with Gasteiger partial charge in [0.1, 0.15) is 11.1 Å². The number of piperidine rings is 2. The first-order valence-electron chi connectivity index (χ1n) is 25.0. The van der Waals surface area contributed by atoms with Gasteiger partial charge in [-0.1, -0.05) is 60.7 Å². The zero-order valence-corrected chi connectivity index (χ0v) is 41.3. The summed E-state index contributed by atoms with van der Waals surface area (Å²) in [4.78, 5) is 55.2. The molecule has 6 aliphatic heterocycles. The second kappa shape index (κ2) is 18.0. The maximum absolute atomic E-state index is 17.0. The monoisotopic (exact) mass is 966 g/mol. The van der Waals surface area contributed by atoms with E-state index in [1.807, 2.05) is 95.6 Å². The Morgan fingerprint density at radius 2 is 1.30 bits per heavy atom. The molecule has 4 aromatic carbocycles. The second-order valence-corrected chi connectivity index (χ2v) is 24.4. The number of halogens is 1. The highest BCUT2D eigenvalue weighted by Gasteiger charge is 2.67. The normalized spacial score (nSPS) is 25.1. The number of hydrogen-bond donors (Lipinski definition) is 3. The smallest absolute Gasteiger partial charge is 0.264 e. The highest BCUT2D eigenvalue weighted by Crippen LogP contribution is 2.61. The lowest BCUT2D eigenvalue weighted by molar-refractivity contribution is -0.146. The third-order valence-corrected chi connectivity index (χ3v) is 18.8. The number of benzene rings is 4. The van der Waals surface area contributed by atoms with Crippen molar-refractivity contribution in [3.8, 4) is 0 Å². The van der Waals surface area contributed by atoms with Gasteiger partial charge >= 0.3 is 0 Å². The van der Waals surface area contributed by atoms with Crippen molar-refractivity contribution < 1.29 is 28.3 Å². The number of aromatic nitrogens is 3. The molecule has 6 aliphatic rings. The van der Waals surface area contributed by atoms with Crippen LogP contribution in [0.4, 0.5) is 32.5 Å². The van der Waals surface area contributed by atoms with Crippen molar-refractivity contribution >= 4 is 54.6 Å². The number of para-hydroxylation sites is 2. The third kappa shape index (κ3) is 7.54. The number of carbonyl (C=O) groups excluding carboxylic acids is 3. The lowest BCUT2D eigenvalue weighted by atomic mass is 9.82. The molecule has 0 radical (unpaired) electrons. The van der Waals surface area contributed by atoms with Crippen LogP contribution in [0.25, 0.3) is 0 Å². The zero-order chi connectivity index (χ0) is 48.4. The van der Waals surface area contributed by atoms with Crippen LogP contribution in [0.5, 0.6) is 0 Å². The van der Waals surface area contributed by atoms with Gasteiger partial charge in [-0.2, -0.15) is 0 Å². The summed E-state index contributed by atoms with van der Waals surface area (Å²) in [6.07, 6.45) is 4.66. The van der Waals surface area contributed by atoms with Crippen molar-refractivity contribution in [2.45, 2.75) is 100.0 Å². The largest absolute Gasteiger partial charge is 0.396 e. The fourth-order valence-corrected chi connectivity index (χ4v) is 15.4. The molecule has 17 heteroatoms. The number of aliphatic hydroxyl groups excluding tert-OH is 1. The standard InChI is InChI=1S/C53H63FN10O5Si/c1-37-47(70(2,3)54)46(20-30-59-34-39(21-31-65)57-58-59)69-53(37)44-32-43(62-36-64(42-12-8-5-9-13-42)52(49(62)67)24-28-56-29-25-52)18-19-45(44)60(50(53)68)33-38-14-16-40(17-15-38)61-35-63(41-10-6-4-7-11-41)51(48(61)66)22-26-55-27-23-51/h4-19,32,34,37,46-47,55-56,65H,20-31,33,35-36H2,1-3H3/t37-,46+,47-,53+/m0/s1. The molecule has 5 aromatic rings. The van der Waals surface area contributed by atoms with E-state index in [1.54, 1.807) is 28.9 Å². The number of hydrogen-bond acceptors (Lipinski definition) is 11. The van der Waals surface area contributed by atoms with E-state index in [0.717, 1.165) is 35.7 Å². The van der Waals surface area contributed by atoms with E-state index >= 15 is 8.90 Å². The molecule has 3 spiro atoms. The topological polar surface area (TPSA) is 152 Å². The Morgan fingerprint density at radius 3 is 1.86 bits per heavy atom. The molecular formula is C53H63FN10O5Si. The molecule has 7 heterocycles. The van der Waals surface area contributed by atoms with Crippen LogP contribution < -0.4 is 35.1 Å². The van der Waals surface area contributed by atoms with Crippen LogP contribution >= 0.6 is 0 Å². The Balaban J connectivity index is 0.944. The van der Waals surface area contributed by atoms with Crippen molar-refractivity contribution in [1.29, 1.82) is 0 Å². The minimum atomic E-state index is -3.52. The van der Waals surface area contributed by atoms with Crippen LogP contribution in [0.1, 0.15) is 55.8 Å². The Bertz CT molecular complexity index is 2750. The summed E-state index contributed by atoms with van der Waals surface area (Å²) in [5.41, 5.74) is 2.80. The molecule has 1 aromatic heterocycles. The number of aryl methyl sites for hydroxylation is 1. The van der Waals surface area contributed by atoms with Gasteiger partial charge in [0, 0.05) is 65.5 Å². The van der Waals surface area contributed by atoms with Crippen molar-refractivity contribution in [1.82, 2.24) is 25.6 Å². The second-order valence-electron chi connectivity index (χ2n) is 20.6. The maximum atomic E-state index is 17.0. The molecule has 4 atom stereocenters. The van der Waals surface area contributed by atoms with Gasteiger partial charge < -0.3 is 39.3 Å². The predicted octanol–water partition coefficient (Wildman–Crippen LogP) is 6.09. The predicted molar refractivity (Wildman–Crippen MR) is 270 cm³/mol. The fraction of sp³-hybridized carbons (Fsp3) is 0.453. The Hall–Kier alpha value is -5.98. The molecule has 5 saturated heterocycles. The van der Waals surface area contributed by atoms with Gasteiger partial charge in [0.25, 0.3) is 17.7 Å². The van der Waals surface area contributed by atoms with Gasteiger partial charge in [0.15, 0.2) is 5.60 Å². The van der Waals surface area contributed by atoms with E-state index in [4.69, 9.17) is 4.74 Å². The Kier molecular flexibility index (Phi) is 11.9. The van der Waals surface area contributed by atoms with Gasteiger partial charge in [-0.05, 0) is 132 Å². The number of amides is 3. The molecule has 0 saturated carbocycles. The lowest BCUT2D eigenvalue weighted by Crippen LogP contribution is -2.55. The van der Waals surface area contributed by atoms with E-state index in [-0.39, 0.29) is 30.9 Å². The number of fused-ring (bicyclic) bond motifs is 2. The summed E-state index contributed by atoms with van der Waals surface area (Å²) in [6, 6.07) is 34.0. The molecule has 70 heavy (non-hydrogen) atoms. The van der Waals surface area contributed by atoms with Crippen molar-refractivity contribution in [3.05, 3.63) is 126 Å². The molecule has 0 unspecified atom stereocenters. The third-order valence-electron chi connectivity index (χ3n) is 16.3. The van der Waals surface area contributed by atoms with Crippen LogP contribution in [0.3, 0.4) is 0 Å². The van der Waals surface area contributed by atoms with Gasteiger partial charge in [0.05, 0.1) is 37.4 Å². The summed E-state index contributed by atoms with van der Waals surface area (Å²) >= 11 is 0. The van der Waals surface area contributed by atoms with E-state index < -0.39 is 42.6 Å². The average molecular weight is 967 g/mol. The molecule has 3 N–H and O–H groups in total. The number of anilines is 5. The van der Waals surface area contributed by atoms with Crippen molar-refractivity contribution in [3.63, 3.8) is 0 Å². The molecule has 11 rings (SSSR count). The van der Waals surface area contributed by atoms with Gasteiger partial charge in [-0.3, -0.25) is 28.9 Å². The quantitative estimate of drug-likeness (QED) is 0.0985. The minimum Gasteiger partial charge on any atom is -0.396 e. The average Bonchev–Trinajstić information content (AvgIpc) is 4.15. The van der Waals surface area contributed by atoms with Crippen LogP contribution in [-0.2, 0) is 44.2 Å². The van der Waals surface area contributed by atoms with Crippen LogP contribution in [0.2, 0.25) is 18.6 Å². The van der Waals surface area contributed by atoms with Crippen molar-refractivity contribution in [2.75, 3.05) is 70.6 Å². The molecule has 5 fully saturated rings. The van der Waals surface area contributed by atoms with E-state index in [0.29, 0.717) is 94.1 Å². The highest BCUT2D eigenvalue weighted by molar-refractivity contribution is 6.72. The molecule has 366 valence electrons. The summed E-state index contributed by atoms with van der Waals surface area (Å²) in [5.74, 6) is -0.709. The maximum Gasteiger partial charge on any atom is 0.264 e. The minimum absolute atomic E-state index is 0.0180. The molecule has 0 aliphatic carbocycles. The van der Waals surface area contributed by atoms with E-state index in [2.05, 4.69) is 55.0 Å². The van der Waals surface area contributed by atoms with E-state index in [9.17, 15) is 14.7 Å². The highest BCUT2D eigenvalue weighted by atomic mass is 28.4. The Labute approximate surface area is 409 Å². The summed E-state index contributed by atoms with van der Waals surface area (Å²) < 4.78 is 25.9. The number of nitrogens with zero attached hydrogens (tertiary/aromatic N) is 8.